The third-order valence-corrected chi connectivity index (χ3v) is 4.75. The van der Waals surface area contributed by atoms with Crippen LogP contribution in [0, 0.1) is 5.92 Å². The average Bonchev–Trinajstić information content (AvgIpc) is 3.29. The van der Waals surface area contributed by atoms with Crippen LogP contribution in [0.25, 0.3) is 0 Å². The van der Waals surface area contributed by atoms with E-state index in [-0.39, 0.29) is 0 Å². The van der Waals surface area contributed by atoms with E-state index in [1.165, 1.54) is 45.1 Å². The van der Waals surface area contributed by atoms with E-state index in [1.54, 1.807) is 0 Å². The Labute approximate surface area is 117 Å². The fourth-order valence-electron chi connectivity index (χ4n) is 3.27. The summed E-state index contributed by atoms with van der Waals surface area (Å²) in [6.07, 6.45) is 8.24. The lowest BCUT2D eigenvalue weighted by molar-refractivity contribution is 0.256. The molecule has 108 valence electrons. The first-order chi connectivity index (χ1) is 9.26. The Hall–Kier alpha value is -0.770. The summed E-state index contributed by atoms with van der Waals surface area (Å²) in [4.78, 5) is 7.03. The second-order valence-corrected chi connectivity index (χ2v) is 6.58. The molecule has 2 saturated carbocycles. The minimum Gasteiger partial charge on any atom is -0.356 e. The molecule has 2 aliphatic carbocycles. The molecule has 0 amide bonds. The Kier molecular flexibility index (Phi) is 3.96. The van der Waals surface area contributed by atoms with Crippen LogP contribution in [0.3, 0.4) is 0 Å². The van der Waals surface area contributed by atoms with Gasteiger partial charge in [0.05, 0.1) is 0 Å². The molecule has 4 nitrogen and oxygen atoms in total. The molecule has 0 aromatic rings. The second-order valence-electron chi connectivity index (χ2n) is 6.58. The zero-order chi connectivity index (χ0) is 13.2. The Bertz CT molecular complexity index is 333. The first-order valence-electron chi connectivity index (χ1n) is 7.99. The molecule has 1 heterocycles. The molecule has 0 bridgehead atoms. The van der Waals surface area contributed by atoms with Crippen molar-refractivity contribution in [2.24, 2.45) is 10.9 Å². The van der Waals surface area contributed by atoms with Crippen LogP contribution >= 0.6 is 0 Å². The molecule has 0 aromatic carbocycles. The van der Waals surface area contributed by atoms with Crippen LogP contribution in [0.5, 0.6) is 0 Å². The van der Waals surface area contributed by atoms with Gasteiger partial charge in [-0.1, -0.05) is 12.8 Å². The van der Waals surface area contributed by atoms with Gasteiger partial charge in [-0.3, -0.25) is 9.89 Å². The molecule has 3 fully saturated rings. The highest BCUT2D eigenvalue weighted by Gasteiger charge is 2.38. The van der Waals surface area contributed by atoms with Crippen LogP contribution in [0.15, 0.2) is 4.99 Å². The quantitative estimate of drug-likeness (QED) is 0.585. The zero-order valence-corrected chi connectivity index (χ0v) is 12.4. The molecule has 1 aliphatic heterocycles. The number of hydrogen-bond donors (Lipinski definition) is 2. The molecule has 3 aliphatic rings. The summed E-state index contributed by atoms with van der Waals surface area (Å²) in [5, 5.41) is 7.06. The van der Waals surface area contributed by atoms with Gasteiger partial charge in [0.2, 0.25) is 0 Å². The van der Waals surface area contributed by atoms with Gasteiger partial charge in [-0.15, -0.1) is 0 Å². The molecular formula is C15H28N4. The van der Waals surface area contributed by atoms with E-state index in [4.69, 9.17) is 0 Å². The molecule has 2 atom stereocenters. The molecule has 1 saturated heterocycles. The first-order valence-corrected chi connectivity index (χ1v) is 7.99. The van der Waals surface area contributed by atoms with E-state index in [9.17, 15) is 0 Å². The lowest BCUT2D eigenvalue weighted by atomic mass is 10.2. The Morgan fingerprint density at radius 1 is 1.26 bits per heavy atom. The van der Waals surface area contributed by atoms with E-state index < -0.39 is 0 Å². The summed E-state index contributed by atoms with van der Waals surface area (Å²) in [6, 6.07) is 2.18. The Morgan fingerprint density at radius 2 is 2.05 bits per heavy atom. The average molecular weight is 264 g/mol. The van der Waals surface area contributed by atoms with Crippen LogP contribution in [-0.4, -0.2) is 49.1 Å². The number of rotatable bonds is 5. The van der Waals surface area contributed by atoms with E-state index in [2.05, 4.69) is 27.4 Å². The maximum absolute atomic E-state index is 4.36. The van der Waals surface area contributed by atoms with Crippen LogP contribution in [0.1, 0.15) is 45.4 Å². The van der Waals surface area contributed by atoms with Gasteiger partial charge in [0, 0.05) is 38.3 Å². The first kappa shape index (κ1) is 13.2. The summed E-state index contributed by atoms with van der Waals surface area (Å²) >= 11 is 0. The minimum atomic E-state index is 0.572. The van der Waals surface area contributed by atoms with Crippen molar-refractivity contribution in [2.75, 3.05) is 20.1 Å². The summed E-state index contributed by atoms with van der Waals surface area (Å²) < 4.78 is 0. The maximum Gasteiger partial charge on any atom is 0.191 e. The van der Waals surface area contributed by atoms with Gasteiger partial charge >= 0.3 is 0 Å². The zero-order valence-electron chi connectivity index (χ0n) is 12.4. The van der Waals surface area contributed by atoms with Crippen molar-refractivity contribution in [3.63, 3.8) is 0 Å². The number of likely N-dealkylation sites (tertiary alicyclic amines) is 1. The third-order valence-electron chi connectivity index (χ3n) is 4.75. The smallest absolute Gasteiger partial charge is 0.191 e. The van der Waals surface area contributed by atoms with Gasteiger partial charge < -0.3 is 10.6 Å². The van der Waals surface area contributed by atoms with Gasteiger partial charge in [-0.05, 0) is 38.5 Å². The van der Waals surface area contributed by atoms with Gasteiger partial charge in [0.25, 0.3) is 0 Å². The molecular weight excluding hydrogens is 236 g/mol. The maximum atomic E-state index is 4.36. The van der Waals surface area contributed by atoms with Crippen LogP contribution in [0.4, 0.5) is 0 Å². The van der Waals surface area contributed by atoms with E-state index in [0.29, 0.717) is 6.04 Å². The van der Waals surface area contributed by atoms with Gasteiger partial charge in [0.15, 0.2) is 5.96 Å². The molecule has 19 heavy (non-hydrogen) atoms. The molecule has 0 radical (unpaired) electrons. The van der Waals surface area contributed by atoms with Crippen molar-refractivity contribution in [3.8, 4) is 0 Å². The van der Waals surface area contributed by atoms with E-state index >= 15 is 0 Å². The fourth-order valence-corrected chi connectivity index (χ4v) is 3.27. The predicted octanol–water partition coefficient (Wildman–Crippen LogP) is 1.58. The summed E-state index contributed by atoms with van der Waals surface area (Å²) in [5.41, 5.74) is 0. The molecule has 0 spiro atoms. The highest BCUT2D eigenvalue weighted by Crippen LogP contribution is 2.33. The minimum absolute atomic E-state index is 0.572. The SMILES string of the molecule is CN=C(NCCC1CC1)NC1CC(C)N(C2CC2)C1. The highest BCUT2D eigenvalue weighted by atomic mass is 15.3. The van der Waals surface area contributed by atoms with Gasteiger partial charge in [-0.25, -0.2) is 0 Å². The van der Waals surface area contributed by atoms with Crippen LogP contribution in [0.2, 0.25) is 0 Å². The van der Waals surface area contributed by atoms with Crippen LogP contribution in [-0.2, 0) is 0 Å². The number of guanidine groups is 1. The Balaban J connectivity index is 1.41. The topological polar surface area (TPSA) is 39.7 Å². The molecule has 2 N–H and O–H groups in total. The molecule has 3 rings (SSSR count). The summed E-state index contributed by atoms with van der Waals surface area (Å²) in [5.74, 6) is 1.98. The van der Waals surface area contributed by atoms with Gasteiger partial charge in [-0.2, -0.15) is 0 Å². The van der Waals surface area contributed by atoms with Crippen molar-refractivity contribution in [2.45, 2.75) is 63.6 Å². The highest BCUT2D eigenvalue weighted by molar-refractivity contribution is 5.80. The number of aliphatic imine (C=N–C) groups is 1. The number of nitrogens with one attached hydrogen (secondary N) is 2. The predicted molar refractivity (Wildman–Crippen MR) is 79.4 cm³/mol. The van der Waals surface area contributed by atoms with Crippen molar-refractivity contribution in [1.29, 1.82) is 0 Å². The number of hydrogen-bond acceptors (Lipinski definition) is 2. The summed E-state index contributed by atoms with van der Waals surface area (Å²) in [7, 11) is 1.88. The van der Waals surface area contributed by atoms with E-state index in [0.717, 1.165) is 30.5 Å². The Morgan fingerprint density at radius 3 is 2.68 bits per heavy atom. The molecule has 0 aromatic heterocycles. The van der Waals surface area contributed by atoms with Gasteiger partial charge in [0.1, 0.15) is 0 Å². The van der Waals surface area contributed by atoms with Crippen molar-refractivity contribution < 1.29 is 0 Å². The lowest BCUT2D eigenvalue weighted by Gasteiger charge is -2.20. The number of nitrogens with zero attached hydrogens (tertiary/aromatic N) is 2. The fraction of sp³-hybridized carbons (Fsp3) is 0.933. The van der Waals surface area contributed by atoms with Crippen LogP contribution < -0.4 is 10.6 Å². The largest absolute Gasteiger partial charge is 0.356 e. The normalized spacial score (nSPS) is 32.6. The van der Waals surface area contributed by atoms with Crippen molar-refractivity contribution >= 4 is 5.96 Å². The lowest BCUT2D eigenvalue weighted by Crippen LogP contribution is -2.45. The summed E-state index contributed by atoms with van der Waals surface area (Å²) in [6.45, 7) is 4.62. The standard InChI is InChI=1S/C15H28N4/c1-11-9-13(10-19(11)14-5-6-14)18-15(16-2)17-8-7-12-3-4-12/h11-14H,3-10H2,1-2H3,(H2,16,17,18). The monoisotopic (exact) mass is 264 g/mol. The van der Waals surface area contributed by atoms with Crippen molar-refractivity contribution in [1.82, 2.24) is 15.5 Å². The second kappa shape index (κ2) is 5.70. The molecule has 4 heteroatoms. The molecule has 2 unspecified atom stereocenters. The van der Waals surface area contributed by atoms with Crippen molar-refractivity contribution in [3.05, 3.63) is 0 Å². The third kappa shape index (κ3) is 3.62. The van der Waals surface area contributed by atoms with E-state index in [1.807, 2.05) is 7.05 Å².